The topological polar surface area (TPSA) is 54.3 Å². The number of piperazine rings is 1. The summed E-state index contributed by atoms with van der Waals surface area (Å²) >= 11 is 0. The Morgan fingerprint density at radius 2 is 1.66 bits per heavy atom. The molecule has 3 aromatic rings. The number of para-hydroxylation sites is 1. The lowest BCUT2D eigenvalue weighted by Gasteiger charge is -2.35. The van der Waals surface area contributed by atoms with Crippen LogP contribution in [-0.2, 0) is 6.18 Å². The van der Waals surface area contributed by atoms with Gasteiger partial charge in [0, 0.05) is 38.6 Å². The van der Waals surface area contributed by atoms with Crippen molar-refractivity contribution in [1.29, 1.82) is 0 Å². The first-order chi connectivity index (χ1) is 13.9. The molecule has 4 rings (SSSR count). The Balaban J connectivity index is 1.38. The lowest BCUT2D eigenvalue weighted by atomic mass is 10.2. The number of alkyl halides is 3. The summed E-state index contributed by atoms with van der Waals surface area (Å²) in [7, 11) is 0. The van der Waals surface area contributed by atoms with Gasteiger partial charge in [0.15, 0.2) is 0 Å². The molecule has 29 heavy (non-hydrogen) atoms. The molecule has 0 aliphatic carbocycles. The minimum atomic E-state index is -4.40. The Hall–Kier alpha value is -3.36. The van der Waals surface area contributed by atoms with Crippen LogP contribution in [0.5, 0.6) is 0 Å². The first-order valence-corrected chi connectivity index (χ1v) is 9.09. The predicted molar refractivity (Wildman–Crippen MR) is 101 cm³/mol. The van der Waals surface area contributed by atoms with Gasteiger partial charge in [0.1, 0.15) is 5.82 Å². The van der Waals surface area contributed by atoms with E-state index in [-0.39, 0.29) is 5.91 Å². The molecule has 1 aliphatic heterocycles. The number of nitrogens with zero attached hydrogens (tertiary/aromatic N) is 5. The molecule has 1 aromatic carbocycles. The Labute approximate surface area is 165 Å². The number of benzene rings is 1. The van der Waals surface area contributed by atoms with E-state index in [4.69, 9.17) is 0 Å². The number of pyridine rings is 1. The van der Waals surface area contributed by atoms with Crippen LogP contribution in [0.4, 0.5) is 19.0 Å². The van der Waals surface area contributed by atoms with Crippen LogP contribution in [-0.4, -0.2) is 51.8 Å². The molecule has 0 N–H and O–H groups in total. The van der Waals surface area contributed by atoms with Gasteiger partial charge >= 0.3 is 6.18 Å². The maximum atomic E-state index is 12.8. The van der Waals surface area contributed by atoms with Gasteiger partial charge in [-0.25, -0.2) is 9.67 Å². The van der Waals surface area contributed by atoms with Gasteiger partial charge in [-0.1, -0.05) is 18.2 Å². The van der Waals surface area contributed by atoms with Crippen molar-refractivity contribution in [2.24, 2.45) is 0 Å². The summed E-state index contributed by atoms with van der Waals surface area (Å²) in [6.45, 7) is 1.91. The van der Waals surface area contributed by atoms with Gasteiger partial charge in [0.2, 0.25) is 0 Å². The van der Waals surface area contributed by atoms with Crippen LogP contribution in [0.3, 0.4) is 0 Å². The van der Waals surface area contributed by atoms with Crippen molar-refractivity contribution in [2.45, 2.75) is 6.18 Å². The molecule has 150 valence electrons. The summed E-state index contributed by atoms with van der Waals surface area (Å²) in [6.07, 6.45) is -0.327. The summed E-state index contributed by atoms with van der Waals surface area (Å²) in [5.41, 5.74) is 0.588. The monoisotopic (exact) mass is 401 g/mol. The highest BCUT2D eigenvalue weighted by Gasteiger charge is 2.31. The third kappa shape index (κ3) is 4.08. The van der Waals surface area contributed by atoms with Crippen LogP contribution in [0.1, 0.15) is 15.9 Å². The minimum Gasteiger partial charge on any atom is -0.353 e. The van der Waals surface area contributed by atoms with E-state index in [1.165, 1.54) is 6.07 Å². The molecule has 1 fully saturated rings. The summed E-state index contributed by atoms with van der Waals surface area (Å²) in [6, 6.07) is 11.9. The highest BCUT2D eigenvalue weighted by Crippen LogP contribution is 2.29. The third-order valence-electron chi connectivity index (χ3n) is 4.82. The Morgan fingerprint density at radius 1 is 0.931 bits per heavy atom. The number of rotatable bonds is 3. The van der Waals surface area contributed by atoms with Gasteiger partial charge in [-0.05, 0) is 24.3 Å². The van der Waals surface area contributed by atoms with Gasteiger partial charge in [-0.15, -0.1) is 0 Å². The number of hydrogen-bond acceptors (Lipinski definition) is 4. The normalized spacial score (nSPS) is 14.9. The van der Waals surface area contributed by atoms with E-state index in [0.717, 1.165) is 18.0 Å². The smallest absolute Gasteiger partial charge is 0.353 e. The van der Waals surface area contributed by atoms with Crippen LogP contribution < -0.4 is 4.90 Å². The van der Waals surface area contributed by atoms with Gasteiger partial charge < -0.3 is 9.80 Å². The van der Waals surface area contributed by atoms with E-state index in [9.17, 15) is 18.0 Å². The van der Waals surface area contributed by atoms with Gasteiger partial charge in [0.05, 0.1) is 23.0 Å². The second-order valence-corrected chi connectivity index (χ2v) is 6.69. The molecule has 3 heterocycles. The highest BCUT2D eigenvalue weighted by molar-refractivity contribution is 5.94. The van der Waals surface area contributed by atoms with Crippen molar-refractivity contribution < 1.29 is 18.0 Å². The molecule has 1 saturated heterocycles. The molecule has 0 spiro atoms. The molecule has 0 atom stereocenters. The Kier molecular flexibility index (Phi) is 4.96. The molecule has 9 heteroatoms. The van der Waals surface area contributed by atoms with E-state index in [1.54, 1.807) is 22.0 Å². The molecule has 1 aliphatic rings. The molecule has 0 saturated carbocycles. The fourth-order valence-corrected chi connectivity index (χ4v) is 3.22. The van der Waals surface area contributed by atoms with Crippen molar-refractivity contribution in [1.82, 2.24) is 19.7 Å². The van der Waals surface area contributed by atoms with E-state index in [0.29, 0.717) is 37.6 Å². The van der Waals surface area contributed by atoms with E-state index >= 15 is 0 Å². The zero-order chi connectivity index (χ0) is 20.4. The van der Waals surface area contributed by atoms with Gasteiger partial charge in [0.25, 0.3) is 5.91 Å². The second kappa shape index (κ2) is 7.57. The van der Waals surface area contributed by atoms with E-state index in [2.05, 4.69) is 10.1 Å². The molecule has 6 nitrogen and oxygen atoms in total. The summed E-state index contributed by atoms with van der Waals surface area (Å²) in [5, 5.41) is 4.25. The molecule has 0 bridgehead atoms. The number of halogens is 3. The fraction of sp³-hybridized carbons (Fsp3) is 0.250. The Bertz CT molecular complexity index is 977. The number of aromatic nitrogens is 3. The van der Waals surface area contributed by atoms with Crippen molar-refractivity contribution >= 4 is 11.7 Å². The number of carbonyl (C=O) groups is 1. The maximum absolute atomic E-state index is 12.8. The lowest BCUT2D eigenvalue weighted by molar-refractivity contribution is -0.137. The van der Waals surface area contributed by atoms with Gasteiger partial charge in [-0.2, -0.15) is 18.3 Å². The quantitative estimate of drug-likeness (QED) is 0.676. The lowest BCUT2D eigenvalue weighted by Crippen LogP contribution is -2.49. The van der Waals surface area contributed by atoms with Crippen molar-refractivity contribution in [3.05, 3.63) is 72.2 Å². The number of amides is 1. The average molecular weight is 401 g/mol. The zero-order valence-corrected chi connectivity index (χ0v) is 15.4. The molecule has 0 unspecified atom stereocenters. The first-order valence-electron chi connectivity index (χ1n) is 9.09. The van der Waals surface area contributed by atoms with Crippen LogP contribution in [0.25, 0.3) is 5.69 Å². The number of hydrogen-bond donors (Lipinski definition) is 0. The van der Waals surface area contributed by atoms with Crippen LogP contribution >= 0.6 is 0 Å². The molecular formula is C20H18F3N5O. The number of carbonyl (C=O) groups excluding carboxylic acids is 1. The van der Waals surface area contributed by atoms with Crippen LogP contribution in [0.2, 0.25) is 0 Å². The fourth-order valence-electron chi connectivity index (χ4n) is 3.22. The van der Waals surface area contributed by atoms with Crippen molar-refractivity contribution in [2.75, 3.05) is 31.1 Å². The minimum absolute atomic E-state index is 0.118. The predicted octanol–water partition coefficient (Wildman–Crippen LogP) is 3.25. The Morgan fingerprint density at radius 3 is 2.28 bits per heavy atom. The van der Waals surface area contributed by atoms with Crippen molar-refractivity contribution in [3.8, 4) is 5.69 Å². The summed E-state index contributed by atoms with van der Waals surface area (Å²) < 4.78 is 39.7. The molecule has 1 amide bonds. The summed E-state index contributed by atoms with van der Waals surface area (Å²) in [4.78, 5) is 20.3. The van der Waals surface area contributed by atoms with Crippen LogP contribution in [0.15, 0.2) is 61.1 Å². The second-order valence-electron chi connectivity index (χ2n) is 6.69. The summed E-state index contributed by atoms with van der Waals surface area (Å²) in [5.74, 6) is 0.356. The largest absolute Gasteiger partial charge is 0.417 e. The standard InChI is InChI=1S/C20H18F3N5O/c21-20(22,23)16-6-7-18(24-13-16)26-8-10-27(11-9-26)19(29)15-12-25-28(14-15)17-4-2-1-3-5-17/h1-7,12-14H,8-11H2. The van der Waals surface area contributed by atoms with Crippen LogP contribution in [0, 0.1) is 0 Å². The highest BCUT2D eigenvalue weighted by atomic mass is 19.4. The SMILES string of the molecule is O=C(c1cnn(-c2ccccc2)c1)N1CCN(c2ccc(C(F)(F)F)cn2)CC1. The molecular weight excluding hydrogens is 383 g/mol. The van der Waals surface area contributed by atoms with E-state index < -0.39 is 11.7 Å². The number of anilines is 1. The van der Waals surface area contributed by atoms with E-state index in [1.807, 2.05) is 35.2 Å². The van der Waals surface area contributed by atoms with Crippen molar-refractivity contribution in [3.63, 3.8) is 0 Å². The molecule has 0 radical (unpaired) electrons. The third-order valence-corrected chi connectivity index (χ3v) is 4.82. The zero-order valence-electron chi connectivity index (χ0n) is 15.4. The first kappa shape index (κ1) is 19.0. The molecule has 2 aromatic heterocycles. The van der Waals surface area contributed by atoms with Gasteiger partial charge in [-0.3, -0.25) is 4.79 Å². The average Bonchev–Trinajstić information content (AvgIpc) is 3.24. The maximum Gasteiger partial charge on any atom is 0.417 e.